The summed E-state index contributed by atoms with van der Waals surface area (Å²) >= 11 is 9.16. The summed E-state index contributed by atoms with van der Waals surface area (Å²) < 4.78 is 44.3. The molecule has 2 rings (SSSR count). The molecule has 2 aromatic rings. The minimum atomic E-state index is -4.53. The molecule has 0 saturated carbocycles. The number of halogens is 5. The molecule has 2 nitrogen and oxygen atoms in total. The monoisotopic (exact) mass is 365 g/mol. The van der Waals surface area contributed by atoms with Gasteiger partial charge < -0.3 is 10.5 Å². The lowest BCUT2D eigenvalue weighted by atomic mass is 10.1. The molecule has 0 aliphatic carbocycles. The van der Waals surface area contributed by atoms with E-state index in [9.17, 15) is 13.2 Å². The zero-order valence-electron chi connectivity index (χ0n) is 9.84. The Balaban J connectivity index is 2.35. The quantitative estimate of drug-likeness (QED) is 0.713. The van der Waals surface area contributed by atoms with Crippen molar-refractivity contribution in [3.8, 4) is 11.5 Å². The first-order valence-electron chi connectivity index (χ1n) is 5.37. The average molecular weight is 367 g/mol. The van der Waals surface area contributed by atoms with Gasteiger partial charge in [-0.2, -0.15) is 13.2 Å². The number of nitrogen functional groups attached to an aromatic ring is 1. The van der Waals surface area contributed by atoms with Crippen molar-refractivity contribution >= 4 is 33.2 Å². The van der Waals surface area contributed by atoms with Gasteiger partial charge in [-0.15, -0.1) is 0 Å². The normalized spacial score (nSPS) is 11.4. The molecule has 2 aromatic carbocycles. The first-order valence-corrected chi connectivity index (χ1v) is 6.54. The molecule has 7 heteroatoms. The number of nitrogens with two attached hydrogens (primary N) is 1. The van der Waals surface area contributed by atoms with Gasteiger partial charge >= 0.3 is 6.18 Å². The molecule has 0 heterocycles. The third-order valence-corrected chi connectivity index (χ3v) is 3.24. The molecule has 0 aliphatic rings. The van der Waals surface area contributed by atoms with Crippen molar-refractivity contribution in [2.24, 2.45) is 0 Å². The Morgan fingerprint density at radius 2 is 1.80 bits per heavy atom. The molecule has 2 N–H and O–H groups in total. The Bertz CT molecular complexity index is 646. The van der Waals surface area contributed by atoms with Crippen LogP contribution >= 0.6 is 27.5 Å². The van der Waals surface area contributed by atoms with Crippen LogP contribution in [0.4, 0.5) is 18.9 Å². The predicted molar refractivity (Wildman–Crippen MR) is 75.1 cm³/mol. The van der Waals surface area contributed by atoms with Crippen LogP contribution in [0.3, 0.4) is 0 Å². The largest absolute Gasteiger partial charge is 0.456 e. The second-order valence-electron chi connectivity index (χ2n) is 3.92. The van der Waals surface area contributed by atoms with Crippen molar-refractivity contribution in [3.05, 3.63) is 51.5 Å². The van der Waals surface area contributed by atoms with Crippen molar-refractivity contribution < 1.29 is 17.9 Å². The molecule has 20 heavy (non-hydrogen) atoms. The fraction of sp³-hybridized carbons (Fsp3) is 0.0769. The first-order chi connectivity index (χ1) is 9.27. The Kier molecular flexibility index (Phi) is 4.15. The van der Waals surface area contributed by atoms with E-state index in [4.69, 9.17) is 22.1 Å². The van der Waals surface area contributed by atoms with E-state index in [0.29, 0.717) is 0 Å². The third-order valence-electron chi connectivity index (χ3n) is 2.45. The molecule has 0 bridgehead atoms. The van der Waals surface area contributed by atoms with Crippen molar-refractivity contribution in [1.29, 1.82) is 0 Å². The molecule has 0 radical (unpaired) electrons. The molecule has 0 aliphatic heterocycles. The van der Waals surface area contributed by atoms with Gasteiger partial charge in [0.2, 0.25) is 0 Å². The number of hydrogen-bond donors (Lipinski definition) is 1. The second-order valence-corrected chi connectivity index (χ2v) is 5.25. The summed E-state index contributed by atoms with van der Waals surface area (Å²) in [5.41, 5.74) is 4.01. The summed E-state index contributed by atoms with van der Waals surface area (Å²) in [4.78, 5) is 0. The first kappa shape index (κ1) is 15.0. The van der Waals surface area contributed by atoms with Crippen LogP contribution in [0.1, 0.15) is 5.56 Å². The molecule has 0 saturated heterocycles. The van der Waals surface area contributed by atoms with Gasteiger partial charge in [0.05, 0.1) is 10.6 Å². The number of rotatable bonds is 2. The Hall–Kier alpha value is -1.40. The number of alkyl halides is 3. The lowest BCUT2D eigenvalue weighted by Crippen LogP contribution is -2.08. The Morgan fingerprint density at radius 3 is 2.40 bits per heavy atom. The molecule has 0 fully saturated rings. The predicted octanol–water partition coefficient (Wildman–Crippen LogP) is 5.50. The summed E-state index contributed by atoms with van der Waals surface area (Å²) in [6.45, 7) is 0. The molecular formula is C13H8BrClF3NO. The summed E-state index contributed by atoms with van der Waals surface area (Å²) in [5, 5.41) is 0.282. The van der Waals surface area contributed by atoms with Crippen LogP contribution in [0.2, 0.25) is 5.02 Å². The van der Waals surface area contributed by atoms with Gasteiger partial charge in [-0.05, 0) is 36.4 Å². The second kappa shape index (κ2) is 5.54. The van der Waals surface area contributed by atoms with E-state index in [1.165, 1.54) is 6.07 Å². The fourth-order valence-electron chi connectivity index (χ4n) is 1.53. The molecular weight excluding hydrogens is 358 g/mol. The van der Waals surface area contributed by atoms with Crippen LogP contribution in [-0.2, 0) is 6.18 Å². The van der Waals surface area contributed by atoms with Gasteiger partial charge in [0.25, 0.3) is 0 Å². The van der Waals surface area contributed by atoms with Crippen LogP contribution in [0.15, 0.2) is 40.9 Å². The van der Waals surface area contributed by atoms with Crippen molar-refractivity contribution in [2.75, 3.05) is 5.73 Å². The minimum Gasteiger partial charge on any atom is -0.456 e. The van der Waals surface area contributed by atoms with Crippen LogP contribution in [-0.4, -0.2) is 0 Å². The van der Waals surface area contributed by atoms with Gasteiger partial charge in [-0.3, -0.25) is 0 Å². The number of benzene rings is 2. The van der Waals surface area contributed by atoms with Gasteiger partial charge in [-0.1, -0.05) is 27.5 Å². The van der Waals surface area contributed by atoms with Crippen LogP contribution in [0.5, 0.6) is 11.5 Å². The van der Waals surface area contributed by atoms with Crippen LogP contribution in [0, 0.1) is 0 Å². The molecule has 0 amide bonds. The summed E-state index contributed by atoms with van der Waals surface area (Å²) in [6.07, 6.45) is -4.53. The maximum atomic E-state index is 12.7. The summed E-state index contributed by atoms with van der Waals surface area (Å²) in [6, 6.07) is 8.14. The van der Waals surface area contributed by atoms with E-state index in [0.717, 1.165) is 16.6 Å². The Morgan fingerprint density at radius 1 is 1.10 bits per heavy atom. The fourth-order valence-corrected chi connectivity index (χ4v) is 2.24. The van der Waals surface area contributed by atoms with Gasteiger partial charge in [0, 0.05) is 10.2 Å². The van der Waals surface area contributed by atoms with Gasteiger partial charge in [0.1, 0.15) is 11.5 Å². The van der Waals surface area contributed by atoms with E-state index in [1.54, 1.807) is 18.2 Å². The van der Waals surface area contributed by atoms with Crippen LogP contribution < -0.4 is 10.5 Å². The maximum Gasteiger partial charge on any atom is 0.418 e. The highest BCUT2D eigenvalue weighted by Gasteiger charge is 2.33. The van der Waals surface area contributed by atoms with Crippen molar-refractivity contribution in [3.63, 3.8) is 0 Å². The summed E-state index contributed by atoms with van der Waals surface area (Å²) in [7, 11) is 0. The molecule has 0 atom stereocenters. The third kappa shape index (κ3) is 3.37. The highest BCUT2D eigenvalue weighted by Crippen LogP contribution is 2.38. The number of hydrogen-bond acceptors (Lipinski definition) is 2. The van der Waals surface area contributed by atoms with E-state index < -0.39 is 11.7 Å². The highest BCUT2D eigenvalue weighted by atomic mass is 79.9. The Labute approximate surface area is 126 Å². The van der Waals surface area contributed by atoms with Crippen molar-refractivity contribution in [2.45, 2.75) is 6.18 Å². The topological polar surface area (TPSA) is 35.2 Å². The van der Waals surface area contributed by atoms with E-state index >= 15 is 0 Å². The summed E-state index contributed by atoms with van der Waals surface area (Å²) in [5.74, 6) is 0.267. The lowest BCUT2D eigenvalue weighted by Gasteiger charge is -2.13. The number of ether oxygens (including phenoxy) is 1. The van der Waals surface area contributed by atoms with Crippen LogP contribution in [0.25, 0.3) is 0 Å². The molecule has 106 valence electrons. The maximum absolute atomic E-state index is 12.7. The smallest absolute Gasteiger partial charge is 0.418 e. The minimum absolute atomic E-state index is 0.00995. The zero-order valence-corrected chi connectivity index (χ0v) is 12.2. The lowest BCUT2D eigenvalue weighted by molar-refractivity contribution is -0.137. The average Bonchev–Trinajstić information content (AvgIpc) is 2.33. The van der Waals surface area contributed by atoms with Gasteiger partial charge in [0.15, 0.2) is 0 Å². The van der Waals surface area contributed by atoms with E-state index in [-0.39, 0.29) is 22.2 Å². The highest BCUT2D eigenvalue weighted by molar-refractivity contribution is 9.10. The van der Waals surface area contributed by atoms with E-state index in [2.05, 4.69) is 15.9 Å². The SMILES string of the molecule is Nc1ccc(Oc2ccc(Br)cc2Cl)cc1C(F)(F)F. The molecule has 0 aromatic heterocycles. The van der Waals surface area contributed by atoms with E-state index in [1.807, 2.05) is 0 Å². The van der Waals surface area contributed by atoms with Crippen molar-refractivity contribution in [1.82, 2.24) is 0 Å². The molecule has 0 spiro atoms. The van der Waals surface area contributed by atoms with Gasteiger partial charge in [-0.25, -0.2) is 0 Å². The number of anilines is 1. The zero-order chi connectivity index (χ0) is 14.9. The standard InChI is InChI=1S/C13H8BrClF3NO/c14-7-1-4-12(10(15)5-7)20-8-2-3-11(19)9(6-8)13(16,17)18/h1-6H,19H2. The molecule has 0 unspecified atom stereocenters.